The van der Waals surface area contributed by atoms with Crippen molar-refractivity contribution in [2.45, 2.75) is 13.0 Å². The van der Waals surface area contributed by atoms with E-state index in [2.05, 4.69) is 5.16 Å². The van der Waals surface area contributed by atoms with Gasteiger partial charge in [0.05, 0.1) is 0 Å². The molecule has 7 heteroatoms. The minimum atomic E-state index is -0.713. The van der Waals surface area contributed by atoms with Gasteiger partial charge in [0.15, 0.2) is 5.84 Å². The molecule has 0 aliphatic carbocycles. The van der Waals surface area contributed by atoms with Gasteiger partial charge in [0.2, 0.25) is 0 Å². The minimum Gasteiger partial charge on any atom is -0.409 e. The maximum Gasteiger partial charge on any atom is 0.170 e. The van der Waals surface area contributed by atoms with Crippen LogP contribution in [0, 0.1) is 11.6 Å². The van der Waals surface area contributed by atoms with E-state index < -0.39 is 11.6 Å². The molecular formula is C14H13F2N3OS. The minimum absolute atomic E-state index is 0.0180. The van der Waals surface area contributed by atoms with Crippen LogP contribution in [-0.4, -0.2) is 17.6 Å². The van der Waals surface area contributed by atoms with Crippen LogP contribution >= 0.6 is 11.3 Å². The average molecular weight is 309 g/mol. The molecule has 1 aliphatic heterocycles. The van der Waals surface area contributed by atoms with Crippen molar-refractivity contribution in [1.29, 1.82) is 0 Å². The fourth-order valence-electron chi connectivity index (χ4n) is 2.51. The van der Waals surface area contributed by atoms with E-state index in [4.69, 9.17) is 10.9 Å². The Bertz CT molecular complexity index is 691. The van der Waals surface area contributed by atoms with Gasteiger partial charge in [-0.25, -0.2) is 8.78 Å². The lowest BCUT2D eigenvalue weighted by atomic mass is 10.1. The van der Waals surface area contributed by atoms with Gasteiger partial charge in [-0.2, -0.15) is 0 Å². The van der Waals surface area contributed by atoms with Crippen molar-refractivity contribution >= 4 is 22.9 Å². The van der Waals surface area contributed by atoms with Gasteiger partial charge >= 0.3 is 0 Å². The smallest absolute Gasteiger partial charge is 0.170 e. The van der Waals surface area contributed by atoms with Crippen LogP contribution in [0.4, 0.5) is 14.5 Å². The molecule has 3 rings (SSSR count). The van der Waals surface area contributed by atoms with Crippen molar-refractivity contribution < 1.29 is 14.0 Å². The Balaban J connectivity index is 1.97. The summed E-state index contributed by atoms with van der Waals surface area (Å²) < 4.78 is 28.4. The number of anilines is 1. The number of halogens is 2. The molecule has 0 saturated carbocycles. The summed E-state index contributed by atoms with van der Waals surface area (Å²) in [5.74, 6) is -1.75. The SMILES string of the molecule is N/C(=N/O)c1cc(F)c(N2CCc3sccc3C2)c(F)c1. The summed E-state index contributed by atoms with van der Waals surface area (Å²) in [6.45, 7) is 1.04. The molecule has 2 aromatic rings. The number of hydrogen-bond acceptors (Lipinski definition) is 4. The van der Waals surface area contributed by atoms with E-state index in [9.17, 15) is 8.78 Å². The van der Waals surface area contributed by atoms with Gasteiger partial charge < -0.3 is 15.8 Å². The molecule has 0 amide bonds. The highest BCUT2D eigenvalue weighted by Crippen LogP contribution is 2.31. The molecule has 0 radical (unpaired) electrons. The van der Waals surface area contributed by atoms with Crippen LogP contribution in [0.2, 0.25) is 0 Å². The van der Waals surface area contributed by atoms with E-state index in [1.165, 1.54) is 4.88 Å². The Morgan fingerprint density at radius 2 is 2.05 bits per heavy atom. The van der Waals surface area contributed by atoms with Crippen LogP contribution in [0.25, 0.3) is 0 Å². The number of benzene rings is 1. The summed E-state index contributed by atoms with van der Waals surface area (Å²) in [7, 11) is 0. The summed E-state index contributed by atoms with van der Waals surface area (Å²) in [5.41, 5.74) is 6.42. The van der Waals surface area contributed by atoms with Gasteiger partial charge in [0.25, 0.3) is 0 Å². The first-order valence-corrected chi connectivity index (χ1v) is 7.25. The van der Waals surface area contributed by atoms with Crippen molar-refractivity contribution in [2.75, 3.05) is 11.4 Å². The number of nitrogens with zero attached hydrogens (tertiary/aromatic N) is 2. The number of oxime groups is 1. The second-order valence-electron chi connectivity index (χ2n) is 4.81. The van der Waals surface area contributed by atoms with E-state index in [1.54, 1.807) is 16.2 Å². The van der Waals surface area contributed by atoms with Crippen LogP contribution < -0.4 is 10.6 Å². The zero-order valence-electron chi connectivity index (χ0n) is 11.0. The molecule has 0 bridgehead atoms. The molecule has 3 N–H and O–H groups in total. The van der Waals surface area contributed by atoms with E-state index in [1.807, 2.05) is 11.4 Å². The second-order valence-corrected chi connectivity index (χ2v) is 5.81. The normalized spacial score (nSPS) is 15.1. The zero-order chi connectivity index (χ0) is 15.0. The summed E-state index contributed by atoms with van der Waals surface area (Å²) >= 11 is 1.67. The van der Waals surface area contributed by atoms with Gasteiger partial charge in [-0.05, 0) is 35.6 Å². The molecule has 110 valence electrons. The molecule has 0 saturated heterocycles. The first-order chi connectivity index (χ1) is 10.1. The zero-order valence-corrected chi connectivity index (χ0v) is 11.8. The van der Waals surface area contributed by atoms with Crippen LogP contribution in [0.1, 0.15) is 16.0 Å². The van der Waals surface area contributed by atoms with Crippen molar-refractivity contribution in [2.24, 2.45) is 10.9 Å². The Morgan fingerprint density at radius 3 is 2.71 bits per heavy atom. The van der Waals surface area contributed by atoms with Crippen LogP contribution in [0.15, 0.2) is 28.7 Å². The largest absolute Gasteiger partial charge is 0.409 e. The highest BCUT2D eigenvalue weighted by molar-refractivity contribution is 7.10. The molecule has 0 atom stereocenters. The fourth-order valence-corrected chi connectivity index (χ4v) is 3.40. The molecule has 0 spiro atoms. The van der Waals surface area contributed by atoms with E-state index in [0.29, 0.717) is 13.1 Å². The lowest BCUT2D eigenvalue weighted by Crippen LogP contribution is -2.31. The highest BCUT2D eigenvalue weighted by Gasteiger charge is 2.23. The first kappa shape index (κ1) is 13.8. The van der Waals surface area contributed by atoms with Crippen molar-refractivity contribution in [3.8, 4) is 0 Å². The number of amidine groups is 1. The van der Waals surface area contributed by atoms with Crippen LogP contribution in [0.5, 0.6) is 0 Å². The predicted octanol–water partition coefficient (Wildman–Crippen LogP) is 2.68. The Hall–Kier alpha value is -2.15. The Morgan fingerprint density at radius 1 is 1.33 bits per heavy atom. The maximum atomic E-state index is 14.2. The molecule has 1 aromatic carbocycles. The monoisotopic (exact) mass is 309 g/mol. The number of rotatable bonds is 2. The molecule has 21 heavy (non-hydrogen) atoms. The highest BCUT2D eigenvalue weighted by atomic mass is 32.1. The lowest BCUT2D eigenvalue weighted by molar-refractivity contribution is 0.318. The summed E-state index contributed by atoms with van der Waals surface area (Å²) in [4.78, 5) is 2.94. The quantitative estimate of drug-likeness (QED) is 0.388. The van der Waals surface area contributed by atoms with Gasteiger partial charge in [-0.15, -0.1) is 11.3 Å². The Labute approximate surface area is 124 Å². The van der Waals surface area contributed by atoms with Crippen LogP contribution in [0.3, 0.4) is 0 Å². The molecule has 4 nitrogen and oxygen atoms in total. The van der Waals surface area contributed by atoms with E-state index in [0.717, 1.165) is 24.1 Å². The number of fused-ring (bicyclic) bond motifs is 1. The standard InChI is InChI=1S/C14H13F2N3OS/c15-10-5-9(14(17)18-20)6-11(16)13(10)19-3-1-12-8(7-19)2-4-21-12/h2,4-6,20H,1,3,7H2,(H2,17,18). The average Bonchev–Trinajstić information content (AvgIpc) is 2.93. The molecule has 0 fully saturated rings. The second kappa shape index (κ2) is 5.33. The topological polar surface area (TPSA) is 61.9 Å². The van der Waals surface area contributed by atoms with Gasteiger partial charge in [-0.3, -0.25) is 0 Å². The van der Waals surface area contributed by atoms with Gasteiger partial charge in [0, 0.05) is 23.5 Å². The lowest BCUT2D eigenvalue weighted by Gasteiger charge is -2.29. The third kappa shape index (κ3) is 2.44. The van der Waals surface area contributed by atoms with Crippen molar-refractivity contribution in [3.05, 3.63) is 51.2 Å². The summed E-state index contributed by atoms with van der Waals surface area (Å²) in [6.07, 6.45) is 0.772. The van der Waals surface area contributed by atoms with Crippen LogP contribution in [-0.2, 0) is 13.0 Å². The van der Waals surface area contributed by atoms with Gasteiger partial charge in [-0.1, -0.05) is 5.16 Å². The molecule has 1 aromatic heterocycles. The molecule has 0 unspecified atom stereocenters. The number of hydrogen-bond donors (Lipinski definition) is 2. The number of nitrogens with two attached hydrogens (primary N) is 1. The molecular weight excluding hydrogens is 296 g/mol. The molecule has 2 heterocycles. The fraction of sp³-hybridized carbons (Fsp3) is 0.214. The van der Waals surface area contributed by atoms with Crippen molar-refractivity contribution in [3.63, 3.8) is 0 Å². The first-order valence-electron chi connectivity index (χ1n) is 6.37. The third-order valence-electron chi connectivity index (χ3n) is 3.54. The summed E-state index contributed by atoms with van der Waals surface area (Å²) in [5, 5.41) is 13.3. The Kier molecular flexibility index (Phi) is 3.50. The third-order valence-corrected chi connectivity index (χ3v) is 4.57. The van der Waals surface area contributed by atoms with E-state index >= 15 is 0 Å². The van der Waals surface area contributed by atoms with Crippen molar-refractivity contribution in [1.82, 2.24) is 0 Å². The molecule has 1 aliphatic rings. The predicted molar refractivity (Wildman–Crippen MR) is 77.9 cm³/mol. The maximum absolute atomic E-state index is 14.2. The van der Waals surface area contributed by atoms with E-state index in [-0.39, 0.29) is 17.1 Å². The number of thiophene rings is 1. The summed E-state index contributed by atoms with van der Waals surface area (Å²) in [6, 6.07) is 4.14. The van der Waals surface area contributed by atoms with Gasteiger partial charge in [0.1, 0.15) is 17.3 Å².